The molecule has 4 heteroatoms. The van der Waals surface area contributed by atoms with Crippen LogP contribution in [0.4, 0.5) is 5.69 Å². The maximum Gasteiger partial charge on any atom is 0.137 e. The van der Waals surface area contributed by atoms with Gasteiger partial charge in [0.1, 0.15) is 5.84 Å². The van der Waals surface area contributed by atoms with E-state index in [1.165, 1.54) is 16.8 Å². The molecule has 28 heavy (non-hydrogen) atoms. The second kappa shape index (κ2) is 8.17. The molecular formula is C24H24ClN3. The first kappa shape index (κ1) is 18.7. The zero-order valence-electron chi connectivity index (χ0n) is 16.3. The lowest BCUT2D eigenvalue weighted by Gasteiger charge is -2.37. The van der Waals surface area contributed by atoms with E-state index in [-0.39, 0.29) is 0 Å². The molecule has 0 atom stereocenters. The Morgan fingerprint density at radius 1 is 0.929 bits per heavy atom. The fraction of sp³-hybridized carbons (Fsp3) is 0.208. The molecule has 4 rings (SSSR count). The van der Waals surface area contributed by atoms with Gasteiger partial charge in [-0.3, -0.25) is 9.89 Å². The van der Waals surface area contributed by atoms with Crippen LogP contribution in [0.2, 0.25) is 5.02 Å². The maximum atomic E-state index is 6.39. The first-order chi connectivity index (χ1) is 13.6. The van der Waals surface area contributed by atoms with Gasteiger partial charge in [0.15, 0.2) is 0 Å². The highest BCUT2D eigenvalue weighted by Gasteiger charge is 2.25. The van der Waals surface area contributed by atoms with E-state index in [4.69, 9.17) is 16.6 Å². The highest BCUT2D eigenvalue weighted by Crippen LogP contribution is 2.27. The Morgan fingerprint density at radius 3 is 2.46 bits per heavy atom. The van der Waals surface area contributed by atoms with Crippen LogP contribution in [0.1, 0.15) is 22.3 Å². The van der Waals surface area contributed by atoms with E-state index in [2.05, 4.69) is 72.2 Å². The van der Waals surface area contributed by atoms with Crippen molar-refractivity contribution in [1.29, 1.82) is 0 Å². The number of amidine groups is 1. The van der Waals surface area contributed by atoms with E-state index < -0.39 is 0 Å². The Balaban J connectivity index is 1.70. The summed E-state index contributed by atoms with van der Waals surface area (Å²) in [7, 11) is 0. The predicted octanol–water partition coefficient (Wildman–Crippen LogP) is 5.64. The molecule has 0 bridgehead atoms. The molecule has 3 aromatic carbocycles. The summed E-state index contributed by atoms with van der Waals surface area (Å²) in [6.45, 7) is 6.48. The number of anilines is 1. The third-order valence-electron chi connectivity index (χ3n) is 5.06. The number of benzene rings is 3. The van der Waals surface area contributed by atoms with Gasteiger partial charge in [0.05, 0.1) is 13.3 Å². The number of halogens is 1. The van der Waals surface area contributed by atoms with E-state index in [1.807, 2.05) is 24.3 Å². The number of hydrogen-bond acceptors (Lipinski definition) is 3. The molecule has 1 heterocycles. The SMILES string of the molecule is Cc1ccc(C)c(N2CN(Cc3ccccc3Cl)CN=C2c2ccccc2)c1. The Kier molecular flexibility index (Phi) is 5.47. The minimum Gasteiger partial charge on any atom is -0.312 e. The molecular weight excluding hydrogens is 366 g/mol. The van der Waals surface area contributed by atoms with Gasteiger partial charge in [0.2, 0.25) is 0 Å². The number of nitrogens with zero attached hydrogens (tertiary/aromatic N) is 3. The van der Waals surface area contributed by atoms with Gasteiger partial charge in [0, 0.05) is 22.8 Å². The number of aliphatic imine (C=N–C) groups is 1. The minimum atomic E-state index is 0.650. The Hall–Kier alpha value is -2.62. The van der Waals surface area contributed by atoms with Gasteiger partial charge in [-0.15, -0.1) is 0 Å². The highest BCUT2D eigenvalue weighted by atomic mass is 35.5. The van der Waals surface area contributed by atoms with Crippen LogP contribution in [-0.2, 0) is 6.54 Å². The molecule has 0 fully saturated rings. The zero-order chi connectivity index (χ0) is 19.5. The first-order valence-electron chi connectivity index (χ1n) is 9.52. The van der Waals surface area contributed by atoms with Gasteiger partial charge >= 0.3 is 0 Å². The van der Waals surface area contributed by atoms with Gasteiger partial charge < -0.3 is 4.90 Å². The van der Waals surface area contributed by atoms with Crippen LogP contribution >= 0.6 is 11.6 Å². The fourth-order valence-electron chi connectivity index (χ4n) is 3.57. The average Bonchev–Trinajstić information content (AvgIpc) is 2.72. The lowest BCUT2D eigenvalue weighted by atomic mass is 10.1. The molecule has 0 saturated heterocycles. The summed E-state index contributed by atoms with van der Waals surface area (Å²) in [5.41, 5.74) is 5.96. The zero-order valence-corrected chi connectivity index (χ0v) is 17.0. The Morgan fingerprint density at radius 2 is 1.68 bits per heavy atom. The number of hydrogen-bond donors (Lipinski definition) is 0. The largest absolute Gasteiger partial charge is 0.312 e. The third kappa shape index (κ3) is 3.96. The van der Waals surface area contributed by atoms with Gasteiger partial charge in [-0.05, 0) is 42.7 Å². The summed E-state index contributed by atoms with van der Waals surface area (Å²) in [4.78, 5) is 9.59. The Bertz CT molecular complexity index is 998. The average molecular weight is 390 g/mol. The molecule has 1 aliphatic heterocycles. The van der Waals surface area contributed by atoms with Crippen LogP contribution < -0.4 is 4.90 Å². The second-order valence-corrected chi connectivity index (χ2v) is 7.68. The van der Waals surface area contributed by atoms with Crippen molar-refractivity contribution in [3.8, 4) is 0 Å². The lowest BCUT2D eigenvalue weighted by molar-refractivity contribution is 0.273. The standard InChI is InChI=1S/C24H24ClN3/c1-18-12-13-19(2)23(14-18)28-17-27(15-21-10-6-7-11-22(21)25)16-26-24(28)20-8-4-3-5-9-20/h3-14H,15-17H2,1-2H3. The van der Waals surface area contributed by atoms with Crippen LogP contribution in [-0.4, -0.2) is 24.1 Å². The number of aryl methyl sites for hydroxylation is 2. The van der Waals surface area contributed by atoms with Gasteiger partial charge in [-0.1, -0.05) is 72.3 Å². The summed E-state index contributed by atoms with van der Waals surface area (Å²) >= 11 is 6.39. The molecule has 0 unspecified atom stereocenters. The van der Waals surface area contributed by atoms with E-state index in [9.17, 15) is 0 Å². The normalized spacial score (nSPS) is 14.8. The molecule has 3 nitrogen and oxygen atoms in total. The quantitative estimate of drug-likeness (QED) is 0.575. The Labute approximate surface area is 171 Å². The van der Waals surface area contributed by atoms with Crippen LogP contribution in [0.3, 0.4) is 0 Å². The summed E-state index contributed by atoms with van der Waals surface area (Å²) in [6, 6.07) is 25.0. The van der Waals surface area contributed by atoms with Crippen LogP contribution in [0.15, 0.2) is 77.8 Å². The summed E-state index contributed by atoms with van der Waals surface area (Å²) in [6.07, 6.45) is 0. The fourth-order valence-corrected chi connectivity index (χ4v) is 3.76. The monoisotopic (exact) mass is 389 g/mol. The van der Waals surface area contributed by atoms with Crippen molar-refractivity contribution < 1.29 is 0 Å². The van der Waals surface area contributed by atoms with Gasteiger partial charge in [0.25, 0.3) is 0 Å². The molecule has 0 radical (unpaired) electrons. The topological polar surface area (TPSA) is 18.8 Å². The molecule has 1 aliphatic rings. The molecule has 3 aromatic rings. The van der Waals surface area contributed by atoms with Gasteiger partial charge in [-0.2, -0.15) is 0 Å². The van der Waals surface area contributed by atoms with Crippen LogP contribution in [0.25, 0.3) is 0 Å². The molecule has 0 aromatic heterocycles. The third-order valence-corrected chi connectivity index (χ3v) is 5.43. The van der Waals surface area contributed by atoms with E-state index in [0.717, 1.165) is 35.2 Å². The van der Waals surface area contributed by atoms with Crippen LogP contribution in [0, 0.1) is 13.8 Å². The van der Waals surface area contributed by atoms with Crippen molar-refractivity contribution in [3.05, 3.63) is 100 Å². The van der Waals surface area contributed by atoms with Gasteiger partial charge in [-0.25, -0.2) is 0 Å². The minimum absolute atomic E-state index is 0.650. The molecule has 0 N–H and O–H groups in total. The summed E-state index contributed by atoms with van der Waals surface area (Å²) < 4.78 is 0. The molecule has 0 amide bonds. The highest BCUT2D eigenvalue weighted by molar-refractivity contribution is 6.31. The van der Waals surface area contributed by atoms with Crippen molar-refractivity contribution >= 4 is 23.1 Å². The molecule has 0 spiro atoms. The van der Waals surface area contributed by atoms with Crippen molar-refractivity contribution in [2.45, 2.75) is 20.4 Å². The van der Waals surface area contributed by atoms with Crippen LogP contribution in [0.5, 0.6) is 0 Å². The molecule has 0 saturated carbocycles. The first-order valence-corrected chi connectivity index (χ1v) is 9.90. The van der Waals surface area contributed by atoms with E-state index in [0.29, 0.717) is 6.67 Å². The number of rotatable bonds is 4. The maximum absolute atomic E-state index is 6.39. The molecule has 142 valence electrons. The smallest absolute Gasteiger partial charge is 0.137 e. The lowest BCUT2D eigenvalue weighted by Crippen LogP contribution is -2.46. The summed E-state index contributed by atoms with van der Waals surface area (Å²) in [5.74, 6) is 1.02. The predicted molar refractivity (Wildman–Crippen MR) is 118 cm³/mol. The van der Waals surface area contributed by atoms with Crippen molar-refractivity contribution in [2.24, 2.45) is 4.99 Å². The molecule has 0 aliphatic carbocycles. The van der Waals surface area contributed by atoms with Crippen molar-refractivity contribution in [3.63, 3.8) is 0 Å². The summed E-state index contributed by atoms with van der Waals surface area (Å²) in [5, 5.41) is 0.804. The van der Waals surface area contributed by atoms with Crippen molar-refractivity contribution in [2.75, 3.05) is 18.2 Å². The van der Waals surface area contributed by atoms with E-state index in [1.54, 1.807) is 0 Å². The van der Waals surface area contributed by atoms with Crippen molar-refractivity contribution in [1.82, 2.24) is 4.90 Å². The van der Waals surface area contributed by atoms with E-state index >= 15 is 0 Å². The second-order valence-electron chi connectivity index (χ2n) is 7.27.